The number of carbonyl (C=O) groups excluding carboxylic acids is 1. The summed E-state index contributed by atoms with van der Waals surface area (Å²) in [5.41, 5.74) is -1.19. The summed E-state index contributed by atoms with van der Waals surface area (Å²) in [6.45, 7) is 0. The van der Waals surface area contributed by atoms with Crippen LogP contribution in [0, 0.1) is 0 Å². The first-order chi connectivity index (χ1) is 16.5. The minimum Gasteiger partial charge on any atom is -0.497 e. The molecule has 0 saturated carbocycles. The third-order valence-corrected chi connectivity index (χ3v) is 8.94. The maximum atomic E-state index is 14.7. The lowest BCUT2D eigenvalue weighted by molar-refractivity contribution is -0.132. The lowest BCUT2D eigenvalue weighted by Crippen LogP contribution is -2.45. The van der Waals surface area contributed by atoms with E-state index in [4.69, 9.17) is 4.74 Å². The normalized spacial score (nSPS) is 13.0. The van der Waals surface area contributed by atoms with Crippen LogP contribution in [0.15, 0.2) is 115 Å². The van der Waals surface area contributed by atoms with E-state index in [0.29, 0.717) is 27.6 Å². The Bertz CT molecular complexity index is 1240. The Hall–Kier alpha value is -3.66. The Balaban J connectivity index is 1.79. The molecule has 0 saturated heterocycles. The average molecular weight is 471 g/mol. The van der Waals surface area contributed by atoms with E-state index in [0.717, 1.165) is 0 Å². The van der Waals surface area contributed by atoms with Gasteiger partial charge in [0.25, 0.3) is 5.91 Å². The zero-order chi connectivity index (χ0) is 24.0. The average Bonchev–Trinajstić information content (AvgIpc) is 2.90. The highest BCUT2D eigenvalue weighted by molar-refractivity contribution is 7.78. The monoisotopic (exact) mass is 471 g/mol. The number of anilines is 1. The van der Waals surface area contributed by atoms with Crippen molar-refractivity contribution in [1.82, 2.24) is 0 Å². The zero-order valence-electron chi connectivity index (χ0n) is 18.8. The number of carbonyl (C=O) groups is 1. The molecule has 1 amide bonds. The summed E-state index contributed by atoms with van der Waals surface area (Å²) < 4.78 is 19.9. The molecule has 4 aromatic carbocycles. The molecule has 0 radical (unpaired) electrons. The van der Waals surface area contributed by atoms with Crippen molar-refractivity contribution in [3.63, 3.8) is 0 Å². The molecule has 5 nitrogen and oxygen atoms in total. The molecule has 0 aromatic heterocycles. The van der Waals surface area contributed by atoms with Gasteiger partial charge in [0.15, 0.2) is 5.60 Å². The van der Waals surface area contributed by atoms with Gasteiger partial charge < -0.3 is 19.7 Å². The molecule has 0 heterocycles. The number of nitrogens with one attached hydrogen (secondary N) is 1. The van der Waals surface area contributed by atoms with E-state index in [1.807, 2.05) is 36.4 Å². The van der Waals surface area contributed by atoms with Crippen molar-refractivity contribution in [2.45, 2.75) is 5.60 Å². The lowest BCUT2D eigenvalue weighted by atomic mass is 9.94. The highest BCUT2D eigenvalue weighted by Gasteiger charge is 2.45. The van der Waals surface area contributed by atoms with Crippen LogP contribution in [0.5, 0.6) is 5.75 Å². The predicted octanol–water partition coefficient (Wildman–Crippen LogP) is 4.54. The number of hydrogen-bond acceptors (Lipinski definition) is 4. The summed E-state index contributed by atoms with van der Waals surface area (Å²) in [6, 6.07) is 33.5. The van der Waals surface area contributed by atoms with Crippen molar-refractivity contribution >= 4 is 29.3 Å². The number of amides is 1. The van der Waals surface area contributed by atoms with E-state index in [9.17, 15) is 14.5 Å². The highest BCUT2D eigenvalue weighted by atomic mass is 31.2. The van der Waals surface area contributed by atoms with Gasteiger partial charge in [-0.25, -0.2) is 0 Å². The first-order valence-electron chi connectivity index (χ1n) is 10.9. The van der Waals surface area contributed by atoms with Crippen molar-refractivity contribution in [3.05, 3.63) is 121 Å². The minimum atomic E-state index is -3.41. The topological polar surface area (TPSA) is 75.6 Å². The fraction of sp³-hybridized carbons (Fsp3) is 0.107. The van der Waals surface area contributed by atoms with Gasteiger partial charge in [-0.15, -0.1) is 0 Å². The number of rotatable bonds is 8. The van der Waals surface area contributed by atoms with Crippen molar-refractivity contribution in [1.29, 1.82) is 0 Å². The van der Waals surface area contributed by atoms with Gasteiger partial charge in [-0.3, -0.25) is 4.79 Å². The molecular formula is C28H26NO4P. The fourth-order valence-corrected chi connectivity index (χ4v) is 6.85. The number of hydrogen-bond donors (Lipinski definition) is 2. The molecule has 0 spiro atoms. The Kier molecular flexibility index (Phi) is 6.97. The van der Waals surface area contributed by atoms with Crippen LogP contribution in [0.3, 0.4) is 0 Å². The van der Waals surface area contributed by atoms with Gasteiger partial charge in [0.2, 0.25) is 0 Å². The first-order valence-corrected chi connectivity index (χ1v) is 12.8. The second kappa shape index (κ2) is 10.1. The van der Waals surface area contributed by atoms with E-state index in [1.165, 1.54) is 0 Å². The molecule has 0 aliphatic carbocycles. The van der Waals surface area contributed by atoms with Gasteiger partial charge in [-0.1, -0.05) is 91.0 Å². The molecule has 4 rings (SSSR count). The first kappa shape index (κ1) is 23.5. The van der Waals surface area contributed by atoms with E-state index < -0.39 is 18.7 Å². The minimum absolute atomic E-state index is 0.292. The van der Waals surface area contributed by atoms with E-state index in [-0.39, 0.29) is 6.16 Å². The molecule has 34 heavy (non-hydrogen) atoms. The number of benzene rings is 4. The molecule has 6 heteroatoms. The standard InChI is InChI=1S/C28H26NO4P/c1-33-24-19-17-23(18-20-24)29-27(30)28(31,22-11-5-2-6-12-22)21-34(32,25-13-7-3-8-14-25)26-15-9-4-10-16-26/h2-20,31H,21H2,1H3,(H,29,30). The molecule has 0 bridgehead atoms. The Morgan fingerprint density at radius 2 is 1.26 bits per heavy atom. The van der Waals surface area contributed by atoms with Crippen LogP contribution in [0.4, 0.5) is 5.69 Å². The summed E-state index contributed by atoms with van der Waals surface area (Å²) >= 11 is 0. The van der Waals surface area contributed by atoms with Gasteiger partial charge in [0.1, 0.15) is 12.9 Å². The number of methoxy groups -OCH3 is 1. The summed E-state index contributed by atoms with van der Waals surface area (Å²) in [5.74, 6) is -0.00932. The Morgan fingerprint density at radius 3 is 1.74 bits per heavy atom. The van der Waals surface area contributed by atoms with Crippen LogP contribution in [0.1, 0.15) is 5.56 Å². The quantitative estimate of drug-likeness (QED) is 0.370. The lowest BCUT2D eigenvalue weighted by Gasteiger charge is -2.32. The van der Waals surface area contributed by atoms with Gasteiger partial charge in [-0.05, 0) is 29.8 Å². The summed E-state index contributed by atoms with van der Waals surface area (Å²) in [6.07, 6.45) is -0.292. The van der Waals surface area contributed by atoms with E-state index in [1.54, 1.807) is 86.0 Å². The summed E-state index contributed by atoms with van der Waals surface area (Å²) in [4.78, 5) is 13.6. The van der Waals surface area contributed by atoms with Crippen LogP contribution >= 0.6 is 7.14 Å². The van der Waals surface area contributed by atoms with Crippen LogP contribution < -0.4 is 20.7 Å². The molecule has 0 aliphatic heterocycles. The molecule has 1 unspecified atom stereocenters. The van der Waals surface area contributed by atoms with Crippen molar-refractivity contribution < 1.29 is 19.2 Å². The van der Waals surface area contributed by atoms with Crippen LogP contribution in [-0.4, -0.2) is 24.3 Å². The molecule has 1 atom stereocenters. The van der Waals surface area contributed by atoms with Crippen LogP contribution in [0.25, 0.3) is 0 Å². The molecule has 2 N–H and O–H groups in total. The predicted molar refractivity (Wildman–Crippen MR) is 137 cm³/mol. The number of aliphatic hydroxyl groups is 1. The maximum Gasteiger partial charge on any atom is 0.261 e. The second-order valence-corrected chi connectivity index (χ2v) is 10.8. The van der Waals surface area contributed by atoms with E-state index >= 15 is 0 Å². The van der Waals surface area contributed by atoms with Gasteiger partial charge in [0.05, 0.1) is 13.3 Å². The van der Waals surface area contributed by atoms with Crippen molar-refractivity contribution in [2.24, 2.45) is 0 Å². The van der Waals surface area contributed by atoms with E-state index in [2.05, 4.69) is 5.32 Å². The molecule has 0 fully saturated rings. The number of ether oxygens (including phenoxy) is 1. The third kappa shape index (κ3) is 4.81. The fourth-order valence-electron chi connectivity index (χ4n) is 3.91. The van der Waals surface area contributed by atoms with Gasteiger partial charge in [0, 0.05) is 16.3 Å². The Morgan fingerprint density at radius 1 is 0.794 bits per heavy atom. The maximum absolute atomic E-state index is 14.7. The second-order valence-electron chi connectivity index (χ2n) is 7.98. The Labute approximate surface area is 199 Å². The molecule has 0 aliphatic rings. The van der Waals surface area contributed by atoms with Crippen LogP contribution in [0.2, 0.25) is 0 Å². The molecular weight excluding hydrogens is 445 g/mol. The van der Waals surface area contributed by atoms with Crippen molar-refractivity contribution in [2.75, 3.05) is 18.6 Å². The summed E-state index contributed by atoms with van der Waals surface area (Å²) in [7, 11) is -1.85. The molecule has 4 aromatic rings. The SMILES string of the molecule is COc1ccc(NC(=O)C(O)(CP(=O)(c2ccccc2)c2ccccc2)c2ccccc2)cc1. The largest absolute Gasteiger partial charge is 0.497 e. The third-order valence-electron chi connectivity index (χ3n) is 5.77. The smallest absolute Gasteiger partial charge is 0.261 e. The van der Waals surface area contributed by atoms with Crippen molar-refractivity contribution in [3.8, 4) is 5.75 Å². The van der Waals surface area contributed by atoms with Crippen LogP contribution in [-0.2, 0) is 15.0 Å². The molecule has 172 valence electrons. The highest BCUT2D eigenvalue weighted by Crippen LogP contribution is 2.48. The summed E-state index contributed by atoms with van der Waals surface area (Å²) in [5, 5.41) is 15.9. The zero-order valence-corrected chi connectivity index (χ0v) is 19.7. The van der Waals surface area contributed by atoms with Gasteiger partial charge >= 0.3 is 0 Å². The van der Waals surface area contributed by atoms with Gasteiger partial charge in [-0.2, -0.15) is 0 Å².